The van der Waals surface area contributed by atoms with Crippen LogP contribution >= 0.6 is 11.3 Å². The minimum absolute atomic E-state index is 0.0630. The third kappa shape index (κ3) is 2.45. The zero-order chi connectivity index (χ0) is 11.4. The maximum Gasteiger partial charge on any atom is 0.269 e. The van der Waals surface area contributed by atoms with E-state index in [1.54, 1.807) is 23.9 Å². The van der Waals surface area contributed by atoms with Crippen LogP contribution in [0, 0.1) is 10.1 Å². The maximum atomic E-state index is 10.4. The van der Waals surface area contributed by atoms with E-state index >= 15 is 0 Å². The van der Waals surface area contributed by atoms with Gasteiger partial charge in [-0.1, -0.05) is 11.3 Å². The van der Waals surface area contributed by atoms with Crippen LogP contribution in [0.4, 0.5) is 10.8 Å². The molecule has 0 aliphatic carbocycles. The third-order valence-corrected chi connectivity index (χ3v) is 2.37. The van der Waals surface area contributed by atoms with Gasteiger partial charge in [-0.25, -0.2) is 4.99 Å². The zero-order valence-corrected chi connectivity index (χ0v) is 8.79. The topological polar surface area (TPSA) is 81.3 Å². The summed E-state index contributed by atoms with van der Waals surface area (Å²) in [6.45, 7) is 0. The zero-order valence-electron chi connectivity index (χ0n) is 7.98. The molecule has 1 aromatic heterocycles. The van der Waals surface area contributed by atoms with Crippen LogP contribution < -0.4 is 0 Å². The molecule has 80 valence electrons. The van der Waals surface area contributed by atoms with E-state index in [1.165, 1.54) is 23.5 Å². The second-order valence-corrected chi connectivity index (χ2v) is 3.64. The van der Waals surface area contributed by atoms with E-state index in [1.807, 2.05) is 0 Å². The number of aromatic nitrogens is 2. The van der Waals surface area contributed by atoms with E-state index in [0.29, 0.717) is 5.13 Å². The summed E-state index contributed by atoms with van der Waals surface area (Å²) < 4.78 is 0. The lowest BCUT2D eigenvalue weighted by Crippen LogP contribution is -1.88. The number of nitro groups is 1. The molecule has 0 N–H and O–H groups in total. The van der Waals surface area contributed by atoms with E-state index in [0.717, 1.165) is 5.56 Å². The lowest BCUT2D eigenvalue weighted by molar-refractivity contribution is -0.384. The van der Waals surface area contributed by atoms with Gasteiger partial charge in [0.2, 0.25) is 5.13 Å². The van der Waals surface area contributed by atoms with Crippen molar-refractivity contribution in [2.24, 2.45) is 4.99 Å². The fraction of sp³-hybridized carbons (Fsp3) is 0. The Morgan fingerprint density at radius 1 is 1.38 bits per heavy atom. The lowest BCUT2D eigenvalue weighted by Gasteiger charge is -1.92. The Morgan fingerprint density at radius 3 is 2.69 bits per heavy atom. The van der Waals surface area contributed by atoms with Gasteiger partial charge in [0.05, 0.1) is 4.92 Å². The van der Waals surface area contributed by atoms with Gasteiger partial charge in [-0.05, 0) is 17.7 Å². The summed E-state index contributed by atoms with van der Waals surface area (Å²) in [7, 11) is 0. The molecule has 0 spiro atoms. The second kappa shape index (κ2) is 4.58. The molecule has 0 fully saturated rings. The van der Waals surface area contributed by atoms with Crippen molar-refractivity contribution in [2.75, 3.05) is 0 Å². The monoisotopic (exact) mass is 234 g/mol. The molecule has 1 aromatic carbocycles. The predicted molar refractivity (Wildman–Crippen MR) is 60.3 cm³/mol. The summed E-state index contributed by atoms with van der Waals surface area (Å²) >= 11 is 1.32. The van der Waals surface area contributed by atoms with E-state index in [-0.39, 0.29) is 5.69 Å². The van der Waals surface area contributed by atoms with Gasteiger partial charge < -0.3 is 0 Å². The van der Waals surface area contributed by atoms with Crippen LogP contribution in [-0.2, 0) is 0 Å². The largest absolute Gasteiger partial charge is 0.269 e. The predicted octanol–water partition coefficient (Wildman–Crippen LogP) is 2.20. The van der Waals surface area contributed by atoms with Crippen molar-refractivity contribution in [2.45, 2.75) is 0 Å². The van der Waals surface area contributed by atoms with Crippen molar-refractivity contribution >= 4 is 28.4 Å². The number of hydrogen-bond donors (Lipinski definition) is 0. The van der Waals surface area contributed by atoms with E-state index < -0.39 is 4.92 Å². The summed E-state index contributed by atoms with van der Waals surface area (Å²) in [5.41, 5.74) is 2.43. The fourth-order valence-electron chi connectivity index (χ4n) is 1.04. The van der Waals surface area contributed by atoms with Crippen molar-refractivity contribution in [3.05, 3.63) is 45.5 Å². The number of benzene rings is 1. The highest BCUT2D eigenvalue weighted by Gasteiger charge is 2.02. The van der Waals surface area contributed by atoms with Crippen LogP contribution in [-0.4, -0.2) is 21.3 Å². The summed E-state index contributed by atoms with van der Waals surface area (Å²) in [6.07, 6.45) is 1.59. The number of non-ortho nitro benzene ring substituents is 1. The van der Waals surface area contributed by atoms with Crippen LogP contribution in [0.2, 0.25) is 0 Å². The first-order chi connectivity index (χ1) is 7.75. The highest BCUT2D eigenvalue weighted by Crippen LogP contribution is 2.14. The van der Waals surface area contributed by atoms with Crippen LogP contribution in [0.3, 0.4) is 0 Å². The smallest absolute Gasteiger partial charge is 0.258 e. The van der Waals surface area contributed by atoms with Crippen LogP contribution in [0.5, 0.6) is 0 Å². The van der Waals surface area contributed by atoms with Crippen molar-refractivity contribution in [3.8, 4) is 0 Å². The summed E-state index contributed by atoms with van der Waals surface area (Å²) in [5, 5.41) is 18.3. The highest BCUT2D eigenvalue weighted by molar-refractivity contribution is 7.13. The molecule has 1 heterocycles. The minimum Gasteiger partial charge on any atom is -0.258 e. The van der Waals surface area contributed by atoms with Gasteiger partial charge in [0, 0.05) is 18.3 Å². The van der Waals surface area contributed by atoms with Gasteiger partial charge in [0.15, 0.2) is 0 Å². The van der Waals surface area contributed by atoms with Crippen molar-refractivity contribution in [1.82, 2.24) is 10.2 Å². The third-order valence-electron chi connectivity index (χ3n) is 1.78. The Balaban J connectivity index is 2.14. The van der Waals surface area contributed by atoms with Crippen LogP contribution in [0.15, 0.2) is 34.8 Å². The second-order valence-electron chi connectivity index (χ2n) is 2.83. The standard InChI is InChI=1S/C9H6N4O2S/c14-13(15)8-3-1-7(2-4-8)5-10-9-12-11-6-16-9/h1-6H/b10-5+. The molecule has 0 aliphatic rings. The molecule has 16 heavy (non-hydrogen) atoms. The molecule has 0 aliphatic heterocycles. The normalized spacial score (nSPS) is 10.8. The van der Waals surface area contributed by atoms with Gasteiger partial charge in [-0.3, -0.25) is 10.1 Å². The van der Waals surface area contributed by atoms with Crippen molar-refractivity contribution < 1.29 is 4.92 Å². The lowest BCUT2D eigenvalue weighted by atomic mass is 10.2. The summed E-state index contributed by atoms with van der Waals surface area (Å²) in [6, 6.07) is 6.12. The minimum atomic E-state index is -0.439. The number of rotatable bonds is 3. The first kappa shape index (κ1) is 10.4. The first-order valence-corrected chi connectivity index (χ1v) is 5.18. The molecule has 0 atom stereocenters. The van der Waals surface area contributed by atoms with Crippen LogP contribution in [0.25, 0.3) is 0 Å². The van der Waals surface area contributed by atoms with Crippen LogP contribution in [0.1, 0.15) is 5.56 Å². The number of nitrogens with zero attached hydrogens (tertiary/aromatic N) is 4. The molecule has 0 bridgehead atoms. The Morgan fingerprint density at radius 2 is 2.12 bits per heavy atom. The molecule has 2 aromatic rings. The quantitative estimate of drug-likeness (QED) is 0.463. The number of aliphatic imine (C=N–C) groups is 1. The van der Waals surface area contributed by atoms with Gasteiger partial charge in [0.25, 0.3) is 5.69 Å². The fourth-order valence-corrected chi connectivity index (χ4v) is 1.43. The number of hydrogen-bond acceptors (Lipinski definition) is 6. The average Bonchev–Trinajstić information content (AvgIpc) is 2.80. The van der Waals surface area contributed by atoms with E-state index in [2.05, 4.69) is 15.2 Å². The Labute approximate surface area is 94.4 Å². The van der Waals surface area contributed by atoms with E-state index in [9.17, 15) is 10.1 Å². The molecular weight excluding hydrogens is 228 g/mol. The van der Waals surface area contributed by atoms with E-state index in [4.69, 9.17) is 0 Å². The molecule has 6 nitrogen and oxygen atoms in total. The van der Waals surface area contributed by atoms with Gasteiger partial charge >= 0.3 is 0 Å². The Hall–Kier alpha value is -2.15. The first-order valence-electron chi connectivity index (χ1n) is 4.30. The number of nitro benzene ring substituents is 1. The average molecular weight is 234 g/mol. The van der Waals surface area contributed by atoms with Gasteiger partial charge in [-0.15, -0.1) is 10.2 Å². The molecule has 7 heteroatoms. The summed E-state index contributed by atoms with van der Waals surface area (Å²) in [4.78, 5) is 14.0. The van der Waals surface area contributed by atoms with Crippen molar-refractivity contribution in [3.63, 3.8) is 0 Å². The van der Waals surface area contributed by atoms with Crippen molar-refractivity contribution in [1.29, 1.82) is 0 Å². The SMILES string of the molecule is O=[N+]([O-])c1ccc(/C=N/c2nncs2)cc1. The molecule has 0 radical (unpaired) electrons. The molecular formula is C9H6N4O2S. The molecule has 0 amide bonds. The van der Waals surface area contributed by atoms with Gasteiger partial charge in [0.1, 0.15) is 5.51 Å². The molecule has 0 saturated carbocycles. The molecule has 2 rings (SSSR count). The highest BCUT2D eigenvalue weighted by atomic mass is 32.1. The molecule has 0 saturated heterocycles. The Bertz CT molecular complexity index is 507. The van der Waals surface area contributed by atoms with Gasteiger partial charge in [-0.2, -0.15) is 0 Å². The summed E-state index contributed by atoms with van der Waals surface area (Å²) in [5.74, 6) is 0. The molecule has 0 unspecified atom stereocenters. The Kier molecular flexibility index (Phi) is 2.97. The maximum absolute atomic E-state index is 10.4.